The minimum atomic E-state index is -0.0604. The van der Waals surface area contributed by atoms with Crippen LogP contribution >= 0.6 is 0 Å². The molecule has 1 aromatic carbocycles. The monoisotopic (exact) mass is 337 g/mol. The van der Waals surface area contributed by atoms with E-state index in [-0.39, 0.29) is 6.04 Å². The van der Waals surface area contributed by atoms with Crippen LogP contribution in [0.3, 0.4) is 0 Å². The highest BCUT2D eigenvalue weighted by Crippen LogP contribution is 2.38. The summed E-state index contributed by atoms with van der Waals surface area (Å²) in [5.74, 6) is 3.10. The predicted octanol–water partition coefficient (Wildman–Crippen LogP) is 4.01. The molecule has 3 aromatic rings. The van der Waals surface area contributed by atoms with Gasteiger partial charge in [0.15, 0.2) is 5.82 Å². The number of rotatable bonds is 6. The Morgan fingerprint density at radius 3 is 2.60 bits per heavy atom. The van der Waals surface area contributed by atoms with Gasteiger partial charge in [0.2, 0.25) is 11.8 Å². The summed E-state index contributed by atoms with van der Waals surface area (Å²) >= 11 is 0. The van der Waals surface area contributed by atoms with Gasteiger partial charge in [0.1, 0.15) is 11.8 Å². The molecule has 1 saturated carbocycles. The summed E-state index contributed by atoms with van der Waals surface area (Å²) in [7, 11) is 0. The lowest BCUT2D eigenvalue weighted by atomic mass is 10.2. The van der Waals surface area contributed by atoms with Crippen molar-refractivity contribution in [3.8, 4) is 11.6 Å². The van der Waals surface area contributed by atoms with Crippen LogP contribution < -0.4 is 10.1 Å². The van der Waals surface area contributed by atoms with Crippen molar-refractivity contribution in [1.29, 1.82) is 0 Å². The van der Waals surface area contributed by atoms with Crippen molar-refractivity contribution in [2.45, 2.75) is 38.6 Å². The second-order valence-corrected chi connectivity index (χ2v) is 6.27. The van der Waals surface area contributed by atoms with Crippen LogP contribution in [0.15, 0.2) is 40.9 Å². The van der Waals surface area contributed by atoms with E-state index >= 15 is 0 Å². The van der Waals surface area contributed by atoms with Gasteiger partial charge in [-0.3, -0.25) is 0 Å². The van der Waals surface area contributed by atoms with Crippen molar-refractivity contribution < 1.29 is 9.26 Å². The van der Waals surface area contributed by atoms with Crippen molar-refractivity contribution in [2.24, 2.45) is 0 Å². The van der Waals surface area contributed by atoms with Crippen molar-refractivity contribution in [3.05, 3.63) is 53.8 Å². The molecule has 2 aromatic heterocycles. The fourth-order valence-electron chi connectivity index (χ4n) is 2.42. The Hall–Kier alpha value is -2.96. The lowest BCUT2D eigenvalue weighted by molar-refractivity contribution is 0.363. The van der Waals surface area contributed by atoms with Gasteiger partial charge in [-0.1, -0.05) is 5.16 Å². The Labute approximate surface area is 145 Å². The van der Waals surface area contributed by atoms with Crippen LogP contribution in [0, 0.1) is 6.92 Å². The SMILES string of the molecule is Cc1ccc(Oc2ccc(N[C@@H](C)c3nc(C4CC4)no3)cc2)nn1. The van der Waals surface area contributed by atoms with Gasteiger partial charge in [-0.05, 0) is 57.0 Å². The van der Waals surface area contributed by atoms with Crippen LogP contribution in [0.1, 0.15) is 49.1 Å². The lowest BCUT2D eigenvalue weighted by Crippen LogP contribution is -2.07. The maximum absolute atomic E-state index is 5.67. The van der Waals surface area contributed by atoms with Gasteiger partial charge >= 0.3 is 0 Å². The van der Waals surface area contributed by atoms with Gasteiger partial charge in [0.25, 0.3) is 0 Å². The number of aryl methyl sites for hydroxylation is 1. The second-order valence-electron chi connectivity index (χ2n) is 6.27. The largest absolute Gasteiger partial charge is 0.438 e. The summed E-state index contributed by atoms with van der Waals surface area (Å²) in [4.78, 5) is 4.47. The minimum Gasteiger partial charge on any atom is -0.438 e. The zero-order valence-electron chi connectivity index (χ0n) is 14.1. The van der Waals surface area contributed by atoms with E-state index in [2.05, 4.69) is 25.7 Å². The number of hydrogen-bond donors (Lipinski definition) is 1. The van der Waals surface area contributed by atoms with Gasteiger partial charge in [0.05, 0.1) is 5.69 Å². The van der Waals surface area contributed by atoms with E-state index in [0.717, 1.165) is 30.0 Å². The number of hydrogen-bond acceptors (Lipinski definition) is 7. The first-order valence-electron chi connectivity index (χ1n) is 8.35. The molecular weight excluding hydrogens is 318 g/mol. The van der Waals surface area contributed by atoms with Crippen LogP contribution in [0.5, 0.6) is 11.6 Å². The summed E-state index contributed by atoms with van der Waals surface area (Å²) in [6.07, 6.45) is 2.32. The summed E-state index contributed by atoms with van der Waals surface area (Å²) in [6, 6.07) is 11.2. The number of benzene rings is 1. The van der Waals surface area contributed by atoms with Crippen LogP contribution in [0.2, 0.25) is 0 Å². The van der Waals surface area contributed by atoms with Crippen molar-refractivity contribution in [3.63, 3.8) is 0 Å². The van der Waals surface area contributed by atoms with E-state index in [0.29, 0.717) is 23.4 Å². The molecule has 128 valence electrons. The summed E-state index contributed by atoms with van der Waals surface area (Å²) in [5.41, 5.74) is 1.80. The highest BCUT2D eigenvalue weighted by atomic mass is 16.5. The van der Waals surface area contributed by atoms with E-state index < -0.39 is 0 Å². The highest BCUT2D eigenvalue weighted by Gasteiger charge is 2.29. The Balaban J connectivity index is 1.38. The molecule has 0 saturated heterocycles. The smallest absolute Gasteiger partial charge is 0.248 e. The van der Waals surface area contributed by atoms with Crippen molar-refractivity contribution in [1.82, 2.24) is 20.3 Å². The Morgan fingerprint density at radius 2 is 1.92 bits per heavy atom. The average molecular weight is 337 g/mol. The van der Waals surface area contributed by atoms with Gasteiger partial charge in [-0.15, -0.1) is 5.10 Å². The summed E-state index contributed by atoms with van der Waals surface area (Å²) < 4.78 is 11.0. The molecule has 0 unspecified atom stereocenters. The average Bonchev–Trinajstić information content (AvgIpc) is 3.35. The molecule has 0 aliphatic heterocycles. The highest BCUT2D eigenvalue weighted by molar-refractivity contribution is 5.47. The van der Waals surface area contributed by atoms with E-state index in [1.54, 1.807) is 6.07 Å². The fraction of sp³-hybridized carbons (Fsp3) is 0.333. The molecule has 1 aliphatic carbocycles. The maximum Gasteiger partial charge on any atom is 0.248 e. The number of ether oxygens (including phenoxy) is 1. The molecule has 1 fully saturated rings. The topological polar surface area (TPSA) is 86.0 Å². The van der Waals surface area contributed by atoms with Crippen LogP contribution in [-0.2, 0) is 0 Å². The van der Waals surface area contributed by atoms with Crippen LogP contribution in [0.4, 0.5) is 5.69 Å². The third-order valence-electron chi connectivity index (χ3n) is 4.00. The molecule has 1 aliphatic rings. The number of nitrogens with one attached hydrogen (secondary N) is 1. The Kier molecular flexibility index (Phi) is 4.05. The number of aromatic nitrogens is 4. The molecule has 1 atom stereocenters. The molecule has 1 N–H and O–H groups in total. The molecular formula is C18H19N5O2. The molecule has 0 radical (unpaired) electrons. The predicted molar refractivity (Wildman–Crippen MR) is 91.6 cm³/mol. The zero-order valence-corrected chi connectivity index (χ0v) is 14.1. The van der Waals surface area contributed by atoms with Gasteiger partial charge in [-0.25, -0.2) is 0 Å². The molecule has 2 heterocycles. The Morgan fingerprint density at radius 1 is 1.12 bits per heavy atom. The first-order chi connectivity index (χ1) is 12.2. The number of anilines is 1. The molecule has 7 nitrogen and oxygen atoms in total. The van der Waals surface area contributed by atoms with Crippen LogP contribution in [-0.4, -0.2) is 20.3 Å². The molecule has 0 bridgehead atoms. The molecule has 25 heavy (non-hydrogen) atoms. The molecule has 0 spiro atoms. The molecule has 0 amide bonds. The van der Waals surface area contributed by atoms with E-state index in [9.17, 15) is 0 Å². The molecule has 7 heteroatoms. The maximum atomic E-state index is 5.67. The Bertz CT molecular complexity index is 841. The zero-order chi connectivity index (χ0) is 17.2. The van der Waals surface area contributed by atoms with Gasteiger partial charge < -0.3 is 14.6 Å². The van der Waals surface area contributed by atoms with Crippen molar-refractivity contribution >= 4 is 5.69 Å². The number of nitrogens with zero attached hydrogens (tertiary/aromatic N) is 4. The quantitative estimate of drug-likeness (QED) is 0.727. The first-order valence-corrected chi connectivity index (χ1v) is 8.35. The third kappa shape index (κ3) is 3.76. The van der Waals surface area contributed by atoms with Gasteiger partial charge in [-0.2, -0.15) is 10.1 Å². The van der Waals surface area contributed by atoms with E-state index in [4.69, 9.17) is 9.26 Å². The fourth-order valence-corrected chi connectivity index (χ4v) is 2.42. The summed E-state index contributed by atoms with van der Waals surface area (Å²) in [5, 5.41) is 15.4. The van der Waals surface area contributed by atoms with E-state index in [1.165, 1.54) is 0 Å². The normalized spacial score (nSPS) is 15.0. The minimum absolute atomic E-state index is 0.0604. The van der Waals surface area contributed by atoms with Crippen LogP contribution in [0.25, 0.3) is 0 Å². The van der Waals surface area contributed by atoms with Crippen molar-refractivity contribution in [2.75, 3.05) is 5.32 Å². The molecule has 4 rings (SSSR count). The van der Waals surface area contributed by atoms with Gasteiger partial charge in [0, 0.05) is 17.7 Å². The van der Waals surface area contributed by atoms with E-state index in [1.807, 2.05) is 44.2 Å². The standard InChI is InChI=1S/C18H19N5O2/c1-11-3-10-16(22-21-11)24-15-8-6-14(7-9-15)19-12(2)18-20-17(23-25-18)13-4-5-13/h3,6-10,12-13,19H,4-5H2,1-2H3/t12-/m0/s1. The second kappa shape index (κ2) is 6.51. The first kappa shape index (κ1) is 15.6. The summed E-state index contributed by atoms with van der Waals surface area (Å²) in [6.45, 7) is 3.88. The lowest BCUT2D eigenvalue weighted by Gasteiger charge is -2.11. The third-order valence-corrected chi connectivity index (χ3v) is 4.00.